The fourth-order valence-electron chi connectivity index (χ4n) is 3.50. The highest BCUT2D eigenvalue weighted by Gasteiger charge is 2.31. The minimum atomic E-state index is 0.468. The summed E-state index contributed by atoms with van der Waals surface area (Å²) in [6.45, 7) is 1.79. The number of hydrogen-bond acceptors (Lipinski definition) is 2. The lowest BCUT2D eigenvalue weighted by Crippen LogP contribution is -2.17. The molecule has 1 aromatic carbocycles. The summed E-state index contributed by atoms with van der Waals surface area (Å²) in [5.74, 6) is 2.36. The molecule has 3 heteroatoms. The fourth-order valence-corrected chi connectivity index (χ4v) is 3.50. The van der Waals surface area contributed by atoms with E-state index in [1.165, 1.54) is 24.0 Å². The summed E-state index contributed by atoms with van der Waals surface area (Å²) in [7, 11) is 2.07. The molecule has 3 nitrogen and oxygen atoms in total. The van der Waals surface area contributed by atoms with Crippen LogP contribution < -0.4 is 10.1 Å². The molecule has 4 rings (SSSR count). The molecule has 110 valence electrons. The molecule has 0 amide bonds. The highest BCUT2D eigenvalue weighted by molar-refractivity contribution is 5.39. The van der Waals surface area contributed by atoms with E-state index in [-0.39, 0.29) is 0 Å². The third-order valence-electron chi connectivity index (χ3n) is 4.77. The Morgan fingerprint density at radius 1 is 1.29 bits per heavy atom. The average molecular weight is 282 g/mol. The molecular weight excluding hydrogens is 260 g/mol. The number of hydrogen-bond donors (Lipinski definition) is 1. The summed E-state index contributed by atoms with van der Waals surface area (Å²) < 4.78 is 8.10. The van der Waals surface area contributed by atoms with E-state index in [9.17, 15) is 0 Å². The number of rotatable bonds is 5. The molecule has 2 aliphatic rings. The van der Waals surface area contributed by atoms with Crippen molar-refractivity contribution in [2.24, 2.45) is 5.92 Å². The van der Waals surface area contributed by atoms with Crippen LogP contribution in [0, 0.1) is 5.92 Å². The van der Waals surface area contributed by atoms with Crippen LogP contribution in [-0.2, 0) is 6.54 Å². The Morgan fingerprint density at radius 3 is 2.95 bits per heavy atom. The van der Waals surface area contributed by atoms with Crippen LogP contribution in [0.15, 0.2) is 42.7 Å². The van der Waals surface area contributed by atoms with Gasteiger partial charge in [-0.2, -0.15) is 0 Å². The van der Waals surface area contributed by atoms with Crippen molar-refractivity contribution in [3.05, 3.63) is 53.9 Å². The Bertz CT molecular complexity index is 630. The van der Waals surface area contributed by atoms with Gasteiger partial charge in [0.1, 0.15) is 5.75 Å². The van der Waals surface area contributed by atoms with Gasteiger partial charge < -0.3 is 14.6 Å². The van der Waals surface area contributed by atoms with Gasteiger partial charge in [0.05, 0.1) is 6.61 Å². The molecule has 0 spiro atoms. The standard InChI is InChI=1S/C18H22N2O/c1-19-18(13-6-7-13)14-8-9-20(10-14)11-15-12-21-17-5-3-2-4-16(15)17/h2-5,8-10,13,15,18-19H,6-7,11-12H2,1H3. The van der Waals surface area contributed by atoms with Crippen LogP contribution in [0.2, 0.25) is 0 Å². The zero-order chi connectivity index (χ0) is 14.2. The Morgan fingerprint density at radius 2 is 2.14 bits per heavy atom. The first-order valence-corrected chi connectivity index (χ1v) is 7.90. The second-order valence-corrected chi connectivity index (χ2v) is 6.29. The molecule has 2 unspecified atom stereocenters. The summed E-state index contributed by atoms with van der Waals surface area (Å²) in [5.41, 5.74) is 2.77. The van der Waals surface area contributed by atoms with Gasteiger partial charge >= 0.3 is 0 Å². The van der Waals surface area contributed by atoms with Crippen molar-refractivity contribution in [3.63, 3.8) is 0 Å². The molecule has 1 N–H and O–H groups in total. The van der Waals surface area contributed by atoms with E-state index in [4.69, 9.17) is 4.74 Å². The smallest absolute Gasteiger partial charge is 0.122 e. The minimum absolute atomic E-state index is 0.468. The van der Waals surface area contributed by atoms with Gasteiger partial charge in [-0.3, -0.25) is 0 Å². The molecule has 1 aliphatic carbocycles. The number of nitrogens with zero attached hydrogens (tertiary/aromatic N) is 1. The van der Waals surface area contributed by atoms with Crippen molar-refractivity contribution >= 4 is 0 Å². The van der Waals surface area contributed by atoms with E-state index in [1.807, 2.05) is 6.07 Å². The van der Waals surface area contributed by atoms with E-state index in [0.29, 0.717) is 12.0 Å². The normalized spacial score (nSPS) is 21.9. The topological polar surface area (TPSA) is 26.2 Å². The van der Waals surface area contributed by atoms with E-state index >= 15 is 0 Å². The van der Waals surface area contributed by atoms with Crippen LogP contribution in [0.5, 0.6) is 5.75 Å². The Labute approximate surface area is 125 Å². The summed E-state index contributed by atoms with van der Waals surface area (Å²) in [6, 6.07) is 11.2. The van der Waals surface area contributed by atoms with Gasteiger partial charge in [-0.25, -0.2) is 0 Å². The Balaban J connectivity index is 1.50. The molecule has 2 atom stereocenters. The molecule has 0 saturated heterocycles. The van der Waals surface area contributed by atoms with Crippen LogP contribution in [0.1, 0.15) is 35.9 Å². The number of ether oxygens (including phenoxy) is 1. The van der Waals surface area contributed by atoms with Gasteiger partial charge in [0.15, 0.2) is 0 Å². The van der Waals surface area contributed by atoms with Crippen molar-refractivity contribution in [2.75, 3.05) is 13.7 Å². The third kappa shape index (κ3) is 2.46. The first-order valence-electron chi connectivity index (χ1n) is 7.90. The molecule has 0 bridgehead atoms. The molecular formula is C18H22N2O. The predicted octanol–water partition coefficient (Wildman–Crippen LogP) is 3.33. The molecule has 21 heavy (non-hydrogen) atoms. The predicted molar refractivity (Wildman–Crippen MR) is 83.6 cm³/mol. The van der Waals surface area contributed by atoms with Crippen LogP contribution in [-0.4, -0.2) is 18.2 Å². The third-order valence-corrected chi connectivity index (χ3v) is 4.77. The van der Waals surface area contributed by atoms with Crippen molar-refractivity contribution < 1.29 is 4.74 Å². The number of benzene rings is 1. The van der Waals surface area contributed by atoms with Gasteiger partial charge in [-0.05, 0) is 43.5 Å². The number of nitrogens with one attached hydrogen (secondary N) is 1. The molecule has 1 aromatic heterocycles. The lowest BCUT2D eigenvalue weighted by atomic mass is 10.0. The maximum Gasteiger partial charge on any atom is 0.122 e. The molecule has 1 saturated carbocycles. The van der Waals surface area contributed by atoms with E-state index < -0.39 is 0 Å². The van der Waals surface area contributed by atoms with Crippen molar-refractivity contribution in [2.45, 2.75) is 31.3 Å². The highest BCUT2D eigenvalue weighted by Crippen LogP contribution is 2.41. The van der Waals surface area contributed by atoms with Gasteiger partial charge in [-0.1, -0.05) is 18.2 Å². The molecule has 0 radical (unpaired) electrons. The molecule has 2 aromatic rings. The Hall–Kier alpha value is -1.74. The van der Waals surface area contributed by atoms with Crippen LogP contribution in [0.3, 0.4) is 0 Å². The second kappa shape index (κ2) is 5.23. The quantitative estimate of drug-likeness (QED) is 0.910. The first kappa shape index (κ1) is 13.0. The molecule has 1 fully saturated rings. The SMILES string of the molecule is CNC(c1ccn(CC2COc3ccccc32)c1)C1CC1. The summed E-state index contributed by atoms with van der Waals surface area (Å²) in [5, 5.41) is 3.46. The van der Waals surface area contributed by atoms with E-state index in [2.05, 4.69) is 53.6 Å². The lowest BCUT2D eigenvalue weighted by Gasteiger charge is -2.14. The van der Waals surface area contributed by atoms with E-state index in [0.717, 1.165) is 24.8 Å². The largest absolute Gasteiger partial charge is 0.493 e. The monoisotopic (exact) mass is 282 g/mol. The van der Waals surface area contributed by atoms with Crippen LogP contribution in [0.4, 0.5) is 0 Å². The van der Waals surface area contributed by atoms with Crippen LogP contribution in [0.25, 0.3) is 0 Å². The second-order valence-electron chi connectivity index (χ2n) is 6.29. The van der Waals surface area contributed by atoms with Gasteiger partial charge in [0.2, 0.25) is 0 Å². The number of fused-ring (bicyclic) bond motifs is 1. The average Bonchev–Trinajstić information content (AvgIpc) is 3.10. The van der Waals surface area contributed by atoms with Crippen LogP contribution >= 0.6 is 0 Å². The number of aromatic nitrogens is 1. The summed E-state index contributed by atoms with van der Waals surface area (Å²) in [4.78, 5) is 0. The van der Waals surface area contributed by atoms with Crippen molar-refractivity contribution in [1.29, 1.82) is 0 Å². The molecule has 2 heterocycles. The molecule has 1 aliphatic heterocycles. The Kier molecular flexibility index (Phi) is 3.23. The van der Waals surface area contributed by atoms with Gasteiger partial charge in [-0.15, -0.1) is 0 Å². The maximum absolute atomic E-state index is 5.78. The van der Waals surface area contributed by atoms with E-state index in [1.54, 1.807) is 0 Å². The highest BCUT2D eigenvalue weighted by atomic mass is 16.5. The van der Waals surface area contributed by atoms with Gasteiger partial charge in [0.25, 0.3) is 0 Å². The van der Waals surface area contributed by atoms with Gasteiger partial charge in [0, 0.05) is 36.5 Å². The fraction of sp³-hybridized carbons (Fsp3) is 0.444. The van der Waals surface area contributed by atoms with Crippen molar-refractivity contribution in [3.8, 4) is 5.75 Å². The zero-order valence-corrected chi connectivity index (χ0v) is 12.5. The lowest BCUT2D eigenvalue weighted by molar-refractivity contribution is 0.319. The summed E-state index contributed by atoms with van der Waals surface area (Å²) in [6.07, 6.45) is 7.24. The number of para-hydroxylation sites is 1. The summed E-state index contributed by atoms with van der Waals surface area (Å²) >= 11 is 0. The zero-order valence-electron chi connectivity index (χ0n) is 12.5. The minimum Gasteiger partial charge on any atom is -0.493 e. The first-order chi connectivity index (χ1) is 10.3. The maximum atomic E-state index is 5.78. The van der Waals surface area contributed by atoms with Crippen molar-refractivity contribution in [1.82, 2.24) is 9.88 Å².